The van der Waals surface area contributed by atoms with Gasteiger partial charge >= 0.3 is 0 Å². The van der Waals surface area contributed by atoms with Crippen molar-refractivity contribution >= 4 is 28.1 Å². The summed E-state index contributed by atoms with van der Waals surface area (Å²) in [6.07, 6.45) is 4.97. The van der Waals surface area contributed by atoms with Gasteiger partial charge in [0.2, 0.25) is 5.91 Å². The summed E-state index contributed by atoms with van der Waals surface area (Å²) in [4.78, 5) is 33.1. The first-order chi connectivity index (χ1) is 13.2. The second kappa shape index (κ2) is 6.01. The Hall–Kier alpha value is -3.55. The van der Waals surface area contributed by atoms with E-state index in [-0.39, 0.29) is 18.0 Å². The summed E-state index contributed by atoms with van der Waals surface area (Å²) in [5.41, 5.74) is 1.23. The Morgan fingerprint density at radius 2 is 2.04 bits per heavy atom. The number of carbonyl (C=O) groups excluding carboxylic acids is 1. The number of nitrogens with zero attached hydrogens (tertiary/aromatic N) is 5. The molecule has 3 heterocycles. The van der Waals surface area contributed by atoms with Gasteiger partial charge in [-0.25, -0.2) is 14.6 Å². The van der Waals surface area contributed by atoms with Gasteiger partial charge in [-0.15, -0.1) is 0 Å². The molecule has 0 spiro atoms. The number of para-hydroxylation sites is 1. The van der Waals surface area contributed by atoms with Crippen LogP contribution in [0.25, 0.3) is 16.4 Å². The molecular formula is C19H16N6O2. The lowest BCUT2D eigenvalue weighted by Crippen LogP contribution is -2.32. The monoisotopic (exact) mass is 360 g/mol. The van der Waals surface area contributed by atoms with Crippen LogP contribution in [-0.2, 0) is 11.3 Å². The van der Waals surface area contributed by atoms with E-state index in [1.165, 1.54) is 17.2 Å². The van der Waals surface area contributed by atoms with E-state index in [0.717, 1.165) is 29.6 Å². The number of benzene rings is 1. The quantitative estimate of drug-likeness (QED) is 0.600. The second-order valence-corrected chi connectivity index (χ2v) is 6.66. The number of fused-ring (bicyclic) bond motifs is 3. The van der Waals surface area contributed by atoms with Crippen molar-refractivity contribution in [1.82, 2.24) is 24.1 Å². The Balaban J connectivity index is 1.59. The third-order valence-corrected chi connectivity index (χ3v) is 4.70. The van der Waals surface area contributed by atoms with Gasteiger partial charge in [0.1, 0.15) is 30.0 Å². The van der Waals surface area contributed by atoms with Crippen LogP contribution in [0.5, 0.6) is 0 Å². The van der Waals surface area contributed by atoms with E-state index in [2.05, 4.69) is 20.4 Å². The van der Waals surface area contributed by atoms with Crippen LogP contribution >= 0.6 is 0 Å². The third kappa shape index (κ3) is 2.75. The maximum Gasteiger partial charge on any atom is 0.291 e. The number of nitrogens with one attached hydrogen (secondary N) is 1. The van der Waals surface area contributed by atoms with Crippen molar-refractivity contribution in [1.29, 1.82) is 0 Å². The fourth-order valence-corrected chi connectivity index (χ4v) is 3.30. The molecule has 1 amide bonds. The van der Waals surface area contributed by atoms with Crippen molar-refractivity contribution in [3.8, 4) is 0 Å². The lowest BCUT2D eigenvalue weighted by atomic mass is 10.2. The van der Waals surface area contributed by atoms with Crippen LogP contribution in [0.2, 0.25) is 0 Å². The minimum absolute atomic E-state index is 0.166. The van der Waals surface area contributed by atoms with Crippen molar-refractivity contribution in [3.05, 3.63) is 65.1 Å². The summed E-state index contributed by atoms with van der Waals surface area (Å²) in [5, 5.41) is 8.19. The molecular weight excluding hydrogens is 344 g/mol. The molecule has 8 heteroatoms. The molecule has 5 rings (SSSR count). The topological polar surface area (TPSA) is 94.2 Å². The molecule has 1 fully saturated rings. The first kappa shape index (κ1) is 15.7. The van der Waals surface area contributed by atoms with Crippen molar-refractivity contribution in [2.24, 2.45) is 0 Å². The normalized spacial score (nSPS) is 13.9. The molecule has 8 nitrogen and oxygen atoms in total. The van der Waals surface area contributed by atoms with Gasteiger partial charge in [0.25, 0.3) is 5.56 Å². The molecule has 3 aromatic heterocycles. The van der Waals surface area contributed by atoms with Crippen LogP contribution in [0, 0.1) is 0 Å². The fraction of sp³-hybridized carbons (Fsp3) is 0.211. The van der Waals surface area contributed by atoms with Crippen molar-refractivity contribution < 1.29 is 4.79 Å². The van der Waals surface area contributed by atoms with Crippen LogP contribution in [0.4, 0.5) is 5.82 Å². The van der Waals surface area contributed by atoms with E-state index < -0.39 is 0 Å². The largest absolute Gasteiger partial charge is 0.309 e. The summed E-state index contributed by atoms with van der Waals surface area (Å²) in [6.45, 7) is -0.166. The Labute approximate surface area is 153 Å². The van der Waals surface area contributed by atoms with Crippen LogP contribution < -0.4 is 10.9 Å². The van der Waals surface area contributed by atoms with Gasteiger partial charge in [-0.3, -0.25) is 14.0 Å². The molecule has 1 saturated carbocycles. The molecule has 1 aliphatic carbocycles. The Morgan fingerprint density at radius 1 is 1.19 bits per heavy atom. The molecule has 1 aromatic carbocycles. The predicted molar refractivity (Wildman–Crippen MR) is 99.6 cm³/mol. The molecule has 4 aromatic rings. The SMILES string of the molecule is O=C(Cn1nc(C2CC2)n2c(cc3ccccc32)c1=O)Nc1ccncn1. The molecule has 0 aliphatic heterocycles. The molecule has 1 N–H and O–H groups in total. The number of carbonyl (C=O) groups is 1. The van der Waals surface area contributed by atoms with E-state index in [1.807, 2.05) is 34.7 Å². The number of aromatic nitrogens is 5. The van der Waals surface area contributed by atoms with Gasteiger partial charge < -0.3 is 5.32 Å². The van der Waals surface area contributed by atoms with Crippen LogP contribution in [0.1, 0.15) is 24.6 Å². The van der Waals surface area contributed by atoms with Crippen molar-refractivity contribution in [2.45, 2.75) is 25.3 Å². The lowest BCUT2D eigenvalue weighted by molar-refractivity contribution is -0.117. The van der Waals surface area contributed by atoms with E-state index in [1.54, 1.807) is 6.07 Å². The maximum atomic E-state index is 13.0. The van der Waals surface area contributed by atoms with E-state index >= 15 is 0 Å². The summed E-state index contributed by atoms with van der Waals surface area (Å²) >= 11 is 0. The van der Waals surface area contributed by atoms with Crippen molar-refractivity contribution in [2.75, 3.05) is 5.32 Å². The lowest BCUT2D eigenvalue weighted by Gasteiger charge is -2.11. The highest BCUT2D eigenvalue weighted by Crippen LogP contribution is 2.39. The van der Waals surface area contributed by atoms with Gasteiger partial charge in [0.05, 0.1) is 5.52 Å². The molecule has 134 valence electrons. The highest BCUT2D eigenvalue weighted by Gasteiger charge is 2.30. The molecule has 0 atom stereocenters. The standard InChI is InChI=1S/C19H16N6O2/c26-17(22-16-7-8-20-11-21-16)10-24-19(27)15-9-13-3-1-2-4-14(13)25(15)18(23-24)12-5-6-12/h1-4,7-9,11-12H,5-6,10H2,(H,20,21,22,26). The Kier molecular flexibility index (Phi) is 3.49. The number of amides is 1. The van der Waals surface area contributed by atoms with Gasteiger partial charge in [0, 0.05) is 17.5 Å². The number of anilines is 1. The van der Waals surface area contributed by atoms with Crippen LogP contribution in [0.3, 0.4) is 0 Å². The van der Waals surface area contributed by atoms with E-state index in [9.17, 15) is 9.59 Å². The van der Waals surface area contributed by atoms with Gasteiger partial charge in [-0.1, -0.05) is 18.2 Å². The first-order valence-electron chi connectivity index (χ1n) is 8.78. The van der Waals surface area contributed by atoms with Gasteiger partial charge in [0.15, 0.2) is 0 Å². The third-order valence-electron chi connectivity index (χ3n) is 4.70. The summed E-state index contributed by atoms with van der Waals surface area (Å²) in [6, 6.07) is 11.3. The minimum atomic E-state index is -0.356. The summed E-state index contributed by atoms with van der Waals surface area (Å²) in [5.74, 6) is 1.19. The zero-order valence-corrected chi connectivity index (χ0v) is 14.4. The van der Waals surface area contributed by atoms with Gasteiger partial charge in [-0.05, 0) is 31.0 Å². The molecule has 0 radical (unpaired) electrons. The van der Waals surface area contributed by atoms with Crippen molar-refractivity contribution in [3.63, 3.8) is 0 Å². The summed E-state index contributed by atoms with van der Waals surface area (Å²) < 4.78 is 3.19. The fourth-order valence-electron chi connectivity index (χ4n) is 3.30. The summed E-state index contributed by atoms with van der Waals surface area (Å²) in [7, 11) is 0. The minimum Gasteiger partial charge on any atom is -0.309 e. The molecule has 0 unspecified atom stereocenters. The van der Waals surface area contributed by atoms with E-state index in [0.29, 0.717) is 17.3 Å². The number of hydrogen-bond donors (Lipinski definition) is 1. The Morgan fingerprint density at radius 3 is 2.81 bits per heavy atom. The molecule has 0 saturated heterocycles. The second-order valence-electron chi connectivity index (χ2n) is 6.66. The van der Waals surface area contributed by atoms with Crippen LogP contribution in [0.15, 0.2) is 53.7 Å². The predicted octanol–water partition coefficient (Wildman–Crippen LogP) is 1.96. The number of hydrogen-bond acceptors (Lipinski definition) is 5. The van der Waals surface area contributed by atoms with E-state index in [4.69, 9.17) is 0 Å². The molecule has 1 aliphatic rings. The highest BCUT2D eigenvalue weighted by molar-refractivity contribution is 5.90. The van der Waals surface area contributed by atoms with Crippen LogP contribution in [-0.4, -0.2) is 30.1 Å². The molecule has 27 heavy (non-hydrogen) atoms. The first-order valence-corrected chi connectivity index (χ1v) is 8.78. The highest BCUT2D eigenvalue weighted by atomic mass is 16.2. The average molecular weight is 360 g/mol. The Bertz CT molecular complexity index is 1220. The zero-order chi connectivity index (χ0) is 18.4. The van der Waals surface area contributed by atoms with Gasteiger partial charge in [-0.2, -0.15) is 5.10 Å². The zero-order valence-electron chi connectivity index (χ0n) is 14.4. The maximum absolute atomic E-state index is 13.0. The molecule has 0 bridgehead atoms. The smallest absolute Gasteiger partial charge is 0.291 e. The number of rotatable bonds is 4. The average Bonchev–Trinajstić information content (AvgIpc) is 3.45.